The molecule has 1 aromatic rings. The molecule has 2 unspecified atom stereocenters. The van der Waals surface area contributed by atoms with E-state index >= 15 is 0 Å². The normalized spacial score (nSPS) is 30.8. The number of fused-ring (bicyclic) bond motifs is 4. The number of anilines is 1. The van der Waals surface area contributed by atoms with Crippen LogP contribution in [0.5, 0.6) is 0 Å². The Kier molecular flexibility index (Phi) is 5.04. The molecule has 4 aliphatic heterocycles. The van der Waals surface area contributed by atoms with E-state index in [0.29, 0.717) is 23.9 Å². The van der Waals surface area contributed by atoms with E-state index in [1.165, 1.54) is 54.2 Å². The summed E-state index contributed by atoms with van der Waals surface area (Å²) in [5.41, 5.74) is 1.30. The van der Waals surface area contributed by atoms with Crippen LogP contribution in [0.3, 0.4) is 0 Å². The highest BCUT2D eigenvalue weighted by atomic mass is 32.1. The lowest BCUT2D eigenvalue weighted by molar-refractivity contribution is -0.135. The molecule has 1 aromatic heterocycles. The third-order valence-electron chi connectivity index (χ3n) is 8.36. The summed E-state index contributed by atoms with van der Waals surface area (Å²) in [7, 11) is 0. The van der Waals surface area contributed by atoms with Crippen LogP contribution in [0.1, 0.15) is 68.4 Å². The van der Waals surface area contributed by atoms with Crippen LogP contribution in [-0.2, 0) is 21.5 Å². The standard InChI is InChI=1S/C23H34N4O2S/c28-20(11-16-3-1-2-4-16)26-14-19-21(23(15-26)7-9-29-10-8-23)25-22(30-19)27-17-5-6-18(27)13-24-12-17/h16-18,24H,1-15H2. The van der Waals surface area contributed by atoms with Gasteiger partial charge in [-0.3, -0.25) is 4.79 Å². The monoisotopic (exact) mass is 430 g/mol. The van der Waals surface area contributed by atoms with Crippen molar-refractivity contribution in [2.45, 2.75) is 81.8 Å². The first kappa shape index (κ1) is 19.5. The summed E-state index contributed by atoms with van der Waals surface area (Å²) in [6.07, 6.45) is 10.3. The molecule has 0 aromatic carbocycles. The molecule has 1 N–H and O–H groups in total. The van der Waals surface area contributed by atoms with Crippen molar-refractivity contribution in [2.75, 3.05) is 37.7 Å². The van der Waals surface area contributed by atoms with Crippen LogP contribution in [0.2, 0.25) is 0 Å². The van der Waals surface area contributed by atoms with Crippen molar-refractivity contribution in [1.82, 2.24) is 15.2 Å². The van der Waals surface area contributed by atoms with E-state index in [1.54, 1.807) is 0 Å². The molecule has 30 heavy (non-hydrogen) atoms. The molecule has 164 valence electrons. The van der Waals surface area contributed by atoms with Gasteiger partial charge in [-0.15, -0.1) is 0 Å². The van der Waals surface area contributed by atoms with E-state index in [0.717, 1.165) is 58.7 Å². The van der Waals surface area contributed by atoms with Crippen LogP contribution < -0.4 is 10.2 Å². The molecule has 7 heteroatoms. The lowest BCUT2D eigenvalue weighted by Gasteiger charge is -2.44. The topological polar surface area (TPSA) is 57.7 Å². The molecule has 4 fully saturated rings. The van der Waals surface area contributed by atoms with Crippen molar-refractivity contribution in [1.29, 1.82) is 0 Å². The summed E-state index contributed by atoms with van der Waals surface area (Å²) in [5.74, 6) is 0.980. The number of carbonyl (C=O) groups is 1. The fourth-order valence-corrected chi connectivity index (χ4v) is 8.00. The predicted octanol–water partition coefficient (Wildman–Crippen LogP) is 3.05. The minimum atomic E-state index is -0.000988. The van der Waals surface area contributed by atoms with E-state index in [-0.39, 0.29) is 5.41 Å². The van der Waals surface area contributed by atoms with Crippen LogP contribution >= 0.6 is 11.3 Å². The Hall–Kier alpha value is -1.18. The molecule has 1 amide bonds. The first-order valence-corrected chi connectivity index (χ1v) is 12.9. The highest BCUT2D eigenvalue weighted by Crippen LogP contribution is 2.46. The Morgan fingerprint density at radius 1 is 1.13 bits per heavy atom. The van der Waals surface area contributed by atoms with E-state index in [4.69, 9.17) is 9.72 Å². The van der Waals surface area contributed by atoms with Gasteiger partial charge in [0.25, 0.3) is 0 Å². The lowest BCUT2D eigenvalue weighted by Crippen LogP contribution is -2.52. The number of hydrogen-bond acceptors (Lipinski definition) is 6. The number of ether oxygens (including phenoxy) is 1. The predicted molar refractivity (Wildman–Crippen MR) is 118 cm³/mol. The smallest absolute Gasteiger partial charge is 0.223 e. The van der Waals surface area contributed by atoms with Crippen molar-refractivity contribution < 1.29 is 9.53 Å². The van der Waals surface area contributed by atoms with Crippen LogP contribution in [-0.4, -0.2) is 60.7 Å². The molecule has 1 spiro atoms. The Balaban J connectivity index is 1.30. The maximum absolute atomic E-state index is 13.3. The zero-order valence-electron chi connectivity index (χ0n) is 17.9. The van der Waals surface area contributed by atoms with Crippen molar-refractivity contribution in [2.24, 2.45) is 5.92 Å². The summed E-state index contributed by atoms with van der Waals surface area (Å²) in [6.45, 7) is 5.33. The molecule has 5 heterocycles. The van der Waals surface area contributed by atoms with Crippen molar-refractivity contribution >= 4 is 22.4 Å². The van der Waals surface area contributed by atoms with Crippen LogP contribution in [0.15, 0.2) is 0 Å². The van der Waals surface area contributed by atoms with Gasteiger partial charge in [0, 0.05) is 61.6 Å². The first-order chi connectivity index (χ1) is 14.7. The molecule has 1 saturated carbocycles. The van der Waals surface area contributed by atoms with Crippen LogP contribution in [0.4, 0.5) is 5.13 Å². The third-order valence-corrected chi connectivity index (χ3v) is 9.41. The zero-order chi connectivity index (χ0) is 20.1. The SMILES string of the molecule is O=C(CC1CCCC1)N1Cc2sc(N3C4CCC3CNC4)nc2C2(CCOCC2)C1. The van der Waals surface area contributed by atoms with Crippen LogP contribution in [0.25, 0.3) is 0 Å². The number of aromatic nitrogens is 1. The lowest BCUT2D eigenvalue weighted by atomic mass is 9.74. The summed E-state index contributed by atoms with van der Waals surface area (Å²) in [6, 6.07) is 1.17. The van der Waals surface area contributed by atoms with Gasteiger partial charge >= 0.3 is 0 Å². The van der Waals surface area contributed by atoms with Crippen molar-refractivity contribution in [3.8, 4) is 0 Å². The molecular formula is C23H34N4O2S. The maximum atomic E-state index is 13.3. The van der Waals surface area contributed by atoms with Gasteiger partial charge in [0.2, 0.25) is 5.91 Å². The number of piperazine rings is 1. The number of rotatable bonds is 3. The first-order valence-electron chi connectivity index (χ1n) is 12.1. The number of nitrogens with zero attached hydrogens (tertiary/aromatic N) is 3. The number of hydrogen-bond donors (Lipinski definition) is 1. The Bertz CT molecular complexity index is 783. The summed E-state index contributed by atoms with van der Waals surface area (Å²) < 4.78 is 5.74. The molecule has 0 radical (unpaired) electrons. The minimum absolute atomic E-state index is 0.000988. The van der Waals surface area contributed by atoms with E-state index < -0.39 is 0 Å². The fraction of sp³-hybridized carbons (Fsp3) is 0.826. The molecule has 2 bridgehead atoms. The molecule has 3 saturated heterocycles. The number of amides is 1. The van der Waals surface area contributed by atoms with Crippen molar-refractivity contribution in [3.05, 3.63) is 10.6 Å². The van der Waals surface area contributed by atoms with E-state index in [1.807, 2.05) is 11.3 Å². The Morgan fingerprint density at radius 2 is 1.87 bits per heavy atom. The van der Waals surface area contributed by atoms with Crippen LogP contribution in [0, 0.1) is 5.92 Å². The fourth-order valence-electron chi connectivity index (χ4n) is 6.66. The second-order valence-corrected chi connectivity index (χ2v) is 11.3. The minimum Gasteiger partial charge on any atom is -0.381 e. The second kappa shape index (κ2) is 7.75. The Morgan fingerprint density at radius 3 is 2.60 bits per heavy atom. The number of carbonyl (C=O) groups excluding carboxylic acids is 1. The Labute approximate surface area is 183 Å². The van der Waals surface area contributed by atoms with Gasteiger partial charge in [0.05, 0.1) is 12.2 Å². The van der Waals surface area contributed by atoms with E-state index in [2.05, 4.69) is 15.1 Å². The van der Waals surface area contributed by atoms with Gasteiger partial charge in [-0.1, -0.05) is 24.2 Å². The maximum Gasteiger partial charge on any atom is 0.223 e. The number of thiazole rings is 1. The average Bonchev–Trinajstić information content (AvgIpc) is 3.47. The van der Waals surface area contributed by atoms with Gasteiger partial charge in [-0.2, -0.15) is 0 Å². The largest absolute Gasteiger partial charge is 0.381 e. The third kappa shape index (κ3) is 3.28. The molecule has 5 aliphatic rings. The summed E-state index contributed by atoms with van der Waals surface area (Å²) >= 11 is 1.87. The highest BCUT2D eigenvalue weighted by molar-refractivity contribution is 7.15. The molecule has 2 atom stereocenters. The molecular weight excluding hydrogens is 396 g/mol. The van der Waals surface area contributed by atoms with Gasteiger partial charge < -0.3 is 19.9 Å². The second-order valence-electron chi connectivity index (χ2n) is 10.2. The van der Waals surface area contributed by atoms with Gasteiger partial charge in [0.15, 0.2) is 5.13 Å². The average molecular weight is 431 g/mol. The molecule has 6 rings (SSSR count). The van der Waals surface area contributed by atoms with Gasteiger partial charge in [-0.05, 0) is 44.4 Å². The highest BCUT2D eigenvalue weighted by Gasteiger charge is 2.46. The zero-order valence-corrected chi connectivity index (χ0v) is 18.7. The van der Waals surface area contributed by atoms with Gasteiger partial charge in [0.1, 0.15) is 0 Å². The van der Waals surface area contributed by atoms with Crippen molar-refractivity contribution in [3.63, 3.8) is 0 Å². The number of nitrogens with one attached hydrogen (secondary N) is 1. The summed E-state index contributed by atoms with van der Waals surface area (Å²) in [5, 5.41) is 4.80. The molecule has 1 aliphatic carbocycles. The molecule has 6 nitrogen and oxygen atoms in total. The summed E-state index contributed by atoms with van der Waals surface area (Å²) in [4.78, 5) is 24.7. The quantitative estimate of drug-likeness (QED) is 0.799. The van der Waals surface area contributed by atoms with E-state index in [9.17, 15) is 4.79 Å². The van der Waals surface area contributed by atoms with Gasteiger partial charge in [-0.25, -0.2) is 4.98 Å².